The molecule has 17 heavy (non-hydrogen) atoms. The lowest BCUT2D eigenvalue weighted by molar-refractivity contribution is 1.12. The molecule has 0 radical (unpaired) electrons. The Bertz CT molecular complexity index is 530. The monoisotopic (exact) mass is 310 g/mol. The van der Waals surface area contributed by atoms with Crippen LogP contribution in [0.4, 0.5) is 5.82 Å². The fourth-order valence-corrected chi connectivity index (χ4v) is 1.54. The van der Waals surface area contributed by atoms with E-state index >= 15 is 0 Å². The minimum atomic E-state index is 0.172. The Morgan fingerprint density at radius 2 is 2.06 bits per heavy atom. The third-order valence-corrected chi connectivity index (χ3v) is 2.66. The summed E-state index contributed by atoms with van der Waals surface area (Å²) in [5.74, 6) is 0.525. The van der Waals surface area contributed by atoms with Gasteiger partial charge in [0.1, 0.15) is 0 Å². The largest absolute Gasteiger partial charge is 0.260 e. The van der Waals surface area contributed by atoms with E-state index < -0.39 is 0 Å². The fraction of sp³-hybridized carbons (Fsp3) is 0. The third kappa shape index (κ3) is 3.51. The van der Waals surface area contributed by atoms with Crippen molar-refractivity contribution in [1.82, 2.24) is 9.97 Å². The van der Waals surface area contributed by atoms with Crippen molar-refractivity contribution in [3.63, 3.8) is 0 Å². The van der Waals surface area contributed by atoms with Crippen LogP contribution in [-0.2, 0) is 0 Å². The highest BCUT2D eigenvalue weighted by atomic mass is 79.9. The van der Waals surface area contributed by atoms with Crippen molar-refractivity contribution in [2.45, 2.75) is 0 Å². The summed E-state index contributed by atoms with van der Waals surface area (Å²) < 4.78 is 0.701. The van der Waals surface area contributed by atoms with Gasteiger partial charge in [-0.15, -0.1) is 0 Å². The second-order valence-electron chi connectivity index (χ2n) is 3.12. The average molecular weight is 312 g/mol. The van der Waals surface area contributed by atoms with Crippen LogP contribution in [0.1, 0.15) is 5.56 Å². The van der Waals surface area contributed by atoms with Gasteiger partial charge in [0.15, 0.2) is 5.82 Å². The van der Waals surface area contributed by atoms with Crippen LogP contribution in [0.5, 0.6) is 0 Å². The van der Waals surface area contributed by atoms with Crippen molar-refractivity contribution in [2.75, 3.05) is 5.43 Å². The highest BCUT2D eigenvalue weighted by molar-refractivity contribution is 9.10. The number of hydrogen-bond donors (Lipinski definition) is 1. The number of aromatic nitrogens is 2. The molecule has 0 bridgehead atoms. The summed E-state index contributed by atoms with van der Waals surface area (Å²) in [6.07, 6.45) is 3.26. The van der Waals surface area contributed by atoms with E-state index in [1.807, 2.05) is 30.3 Å². The first kappa shape index (κ1) is 12.0. The average Bonchev–Trinajstić information content (AvgIpc) is 2.35. The molecule has 0 aliphatic heterocycles. The molecule has 0 saturated heterocycles. The van der Waals surface area contributed by atoms with Crippen molar-refractivity contribution >= 4 is 39.6 Å². The molecule has 2 aromatic rings. The van der Waals surface area contributed by atoms with Gasteiger partial charge in [-0.05, 0) is 33.1 Å². The van der Waals surface area contributed by atoms with E-state index in [2.05, 4.69) is 36.4 Å². The number of anilines is 1. The van der Waals surface area contributed by atoms with Crippen LogP contribution < -0.4 is 5.43 Å². The SMILES string of the molecule is Clc1ncc(Br)c(N/N=C\c2ccccc2)n1. The molecule has 0 amide bonds. The van der Waals surface area contributed by atoms with Crippen molar-refractivity contribution in [3.8, 4) is 0 Å². The molecular weight excluding hydrogens is 304 g/mol. The summed E-state index contributed by atoms with van der Waals surface area (Å²) >= 11 is 8.97. The summed E-state index contributed by atoms with van der Waals surface area (Å²) in [5.41, 5.74) is 3.79. The standard InChI is InChI=1S/C11H8BrClN4/c12-9-7-14-11(13)16-10(9)17-15-6-8-4-2-1-3-5-8/h1-7H,(H,14,16,17)/b15-6-. The van der Waals surface area contributed by atoms with Crippen molar-refractivity contribution in [3.05, 3.63) is 51.8 Å². The first-order valence-corrected chi connectivity index (χ1v) is 5.95. The van der Waals surface area contributed by atoms with Crippen LogP contribution in [0.25, 0.3) is 0 Å². The maximum atomic E-state index is 5.68. The second kappa shape index (κ2) is 5.75. The molecular formula is C11H8BrClN4. The van der Waals surface area contributed by atoms with Crippen molar-refractivity contribution in [2.24, 2.45) is 5.10 Å². The van der Waals surface area contributed by atoms with E-state index in [9.17, 15) is 0 Å². The van der Waals surface area contributed by atoms with Gasteiger partial charge in [-0.25, -0.2) is 4.98 Å². The van der Waals surface area contributed by atoms with Crippen LogP contribution in [0.2, 0.25) is 5.28 Å². The van der Waals surface area contributed by atoms with Gasteiger partial charge in [-0.1, -0.05) is 30.3 Å². The predicted octanol–water partition coefficient (Wildman–Crippen LogP) is 3.34. The van der Waals surface area contributed by atoms with Gasteiger partial charge in [0, 0.05) is 6.20 Å². The summed E-state index contributed by atoms with van der Waals surface area (Å²) in [4.78, 5) is 7.81. The predicted molar refractivity (Wildman–Crippen MR) is 72.4 cm³/mol. The lowest BCUT2D eigenvalue weighted by atomic mass is 10.2. The normalized spacial score (nSPS) is 10.7. The number of nitrogens with zero attached hydrogens (tertiary/aromatic N) is 3. The Morgan fingerprint density at radius 3 is 2.82 bits per heavy atom. The van der Waals surface area contributed by atoms with E-state index in [4.69, 9.17) is 11.6 Å². The van der Waals surface area contributed by atoms with E-state index in [0.29, 0.717) is 10.3 Å². The highest BCUT2D eigenvalue weighted by Gasteiger charge is 2.01. The topological polar surface area (TPSA) is 50.2 Å². The lowest BCUT2D eigenvalue weighted by Gasteiger charge is -2.01. The summed E-state index contributed by atoms with van der Waals surface area (Å²) in [6, 6.07) is 9.74. The zero-order valence-corrected chi connectivity index (χ0v) is 11.0. The van der Waals surface area contributed by atoms with Gasteiger partial charge in [-0.2, -0.15) is 10.1 Å². The number of halogens is 2. The molecule has 0 atom stereocenters. The van der Waals surface area contributed by atoms with Gasteiger partial charge >= 0.3 is 0 Å². The molecule has 2 rings (SSSR count). The van der Waals surface area contributed by atoms with Crippen LogP contribution in [0.15, 0.2) is 46.1 Å². The molecule has 0 fully saturated rings. The molecule has 86 valence electrons. The zero-order chi connectivity index (χ0) is 12.1. The number of nitrogens with one attached hydrogen (secondary N) is 1. The van der Waals surface area contributed by atoms with E-state index in [1.54, 1.807) is 12.4 Å². The van der Waals surface area contributed by atoms with Crippen LogP contribution >= 0.6 is 27.5 Å². The Balaban J connectivity index is 2.07. The van der Waals surface area contributed by atoms with Gasteiger partial charge < -0.3 is 0 Å². The molecule has 1 N–H and O–H groups in total. The second-order valence-corrected chi connectivity index (χ2v) is 4.31. The molecule has 1 aromatic carbocycles. The maximum Gasteiger partial charge on any atom is 0.224 e. The van der Waals surface area contributed by atoms with Crippen LogP contribution in [0.3, 0.4) is 0 Å². The van der Waals surface area contributed by atoms with Gasteiger partial charge in [0.05, 0.1) is 10.7 Å². The van der Waals surface area contributed by atoms with E-state index in [0.717, 1.165) is 5.56 Å². The van der Waals surface area contributed by atoms with Crippen molar-refractivity contribution in [1.29, 1.82) is 0 Å². The molecule has 1 heterocycles. The smallest absolute Gasteiger partial charge is 0.224 e. The Kier molecular flexibility index (Phi) is 4.06. The first-order valence-electron chi connectivity index (χ1n) is 4.78. The summed E-state index contributed by atoms with van der Waals surface area (Å²) in [6.45, 7) is 0. The molecule has 1 aromatic heterocycles. The summed E-state index contributed by atoms with van der Waals surface area (Å²) in [5, 5.41) is 4.23. The van der Waals surface area contributed by atoms with Gasteiger partial charge in [0.2, 0.25) is 5.28 Å². The van der Waals surface area contributed by atoms with E-state index in [-0.39, 0.29) is 5.28 Å². The quantitative estimate of drug-likeness (QED) is 0.537. The fourth-order valence-electron chi connectivity index (χ4n) is 1.13. The highest BCUT2D eigenvalue weighted by Crippen LogP contribution is 2.19. The minimum Gasteiger partial charge on any atom is -0.260 e. The van der Waals surface area contributed by atoms with Crippen molar-refractivity contribution < 1.29 is 0 Å². The van der Waals surface area contributed by atoms with Crippen LogP contribution in [0, 0.1) is 0 Å². The number of benzene rings is 1. The molecule has 6 heteroatoms. The number of rotatable bonds is 3. The van der Waals surface area contributed by atoms with E-state index in [1.165, 1.54) is 0 Å². The lowest BCUT2D eigenvalue weighted by Crippen LogP contribution is -1.96. The molecule has 4 nitrogen and oxygen atoms in total. The molecule has 0 unspecified atom stereocenters. The molecule has 0 aliphatic rings. The Morgan fingerprint density at radius 1 is 1.29 bits per heavy atom. The summed E-state index contributed by atoms with van der Waals surface area (Å²) in [7, 11) is 0. The molecule has 0 aliphatic carbocycles. The Hall–Kier alpha value is -1.46. The first-order chi connectivity index (χ1) is 8.25. The third-order valence-electron chi connectivity index (χ3n) is 1.90. The molecule has 0 spiro atoms. The van der Waals surface area contributed by atoms with Gasteiger partial charge in [0.25, 0.3) is 0 Å². The zero-order valence-electron chi connectivity index (χ0n) is 8.64. The maximum absolute atomic E-state index is 5.68. The Labute approximate surface area is 112 Å². The minimum absolute atomic E-state index is 0.172. The number of hydrazone groups is 1. The number of hydrogen-bond acceptors (Lipinski definition) is 4. The van der Waals surface area contributed by atoms with Gasteiger partial charge in [-0.3, -0.25) is 5.43 Å². The molecule has 0 saturated carbocycles. The van der Waals surface area contributed by atoms with Crippen LogP contribution in [-0.4, -0.2) is 16.2 Å².